The Balaban J connectivity index is 1.85. The van der Waals surface area contributed by atoms with Crippen molar-refractivity contribution in [2.45, 2.75) is 32.3 Å². The number of β-amino-alcohol motifs (C(OH)–C–C–N with tert-alkyl or cyclic N) is 1. The third-order valence-corrected chi connectivity index (χ3v) is 4.40. The first-order valence-corrected chi connectivity index (χ1v) is 8.28. The van der Waals surface area contributed by atoms with Crippen LogP contribution >= 0.6 is 0 Å². The molecule has 0 bridgehead atoms. The molecule has 7 nitrogen and oxygen atoms in total. The van der Waals surface area contributed by atoms with Gasteiger partial charge in [0.15, 0.2) is 5.65 Å². The number of carbonyl (C=O) groups excluding carboxylic acids is 1. The van der Waals surface area contributed by atoms with Gasteiger partial charge in [0.25, 0.3) is 5.91 Å². The van der Waals surface area contributed by atoms with E-state index in [9.17, 15) is 9.90 Å². The van der Waals surface area contributed by atoms with Crippen molar-refractivity contribution in [3.63, 3.8) is 0 Å². The topological polar surface area (TPSA) is 74.0 Å². The van der Waals surface area contributed by atoms with Crippen molar-refractivity contribution in [1.29, 1.82) is 0 Å². The summed E-state index contributed by atoms with van der Waals surface area (Å²) in [6, 6.07) is 3.63. The molecule has 7 heteroatoms. The van der Waals surface area contributed by atoms with Gasteiger partial charge in [-0.3, -0.25) is 4.79 Å². The van der Waals surface area contributed by atoms with Gasteiger partial charge in [0.1, 0.15) is 5.69 Å². The highest BCUT2D eigenvalue weighted by Crippen LogP contribution is 2.23. The quantitative estimate of drug-likeness (QED) is 0.903. The summed E-state index contributed by atoms with van der Waals surface area (Å²) in [6.45, 7) is 5.36. The van der Waals surface area contributed by atoms with Gasteiger partial charge in [0, 0.05) is 24.8 Å². The van der Waals surface area contributed by atoms with Crippen LogP contribution in [-0.4, -0.2) is 74.7 Å². The number of likely N-dealkylation sites (N-methyl/N-ethyl adjacent to an activating group) is 1. The highest BCUT2D eigenvalue weighted by Gasteiger charge is 2.36. The van der Waals surface area contributed by atoms with Crippen LogP contribution in [0.1, 0.15) is 34.7 Å². The van der Waals surface area contributed by atoms with Crippen LogP contribution in [-0.2, 0) is 0 Å². The summed E-state index contributed by atoms with van der Waals surface area (Å²) in [6.07, 6.45) is 1.51. The van der Waals surface area contributed by atoms with Crippen LogP contribution in [0.15, 0.2) is 12.1 Å². The molecule has 24 heavy (non-hydrogen) atoms. The molecule has 0 radical (unpaired) electrons. The number of likely N-dealkylation sites (tertiary alicyclic amines) is 1. The van der Waals surface area contributed by atoms with E-state index in [1.54, 1.807) is 15.5 Å². The van der Waals surface area contributed by atoms with E-state index in [-0.39, 0.29) is 5.91 Å². The monoisotopic (exact) mass is 331 g/mol. The van der Waals surface area contributed by atoms with E-state index in [2.05, 4.69) is 10.1 Å². The molecule has 0 aromatic carbocycles. The molecule has 1 amide bonds. The fourth-order valence-corrected chi connectivity index (χ4v) is 3.51. The largest absolute Gasteiger partial charge is 0.387 e. The van der Waals surface area contributed by atoms with Gasteiger partial charge in [-0.2, -0.15) is 5.10 Å². The molecule has 1 aliphatic rings. The van der Waals surface area contributed by atoms with Gasteiger partial charge in [-0.15, -0.1) is 0 Å². The molecule has 3 heterocycles. The van der Waals surface area contributed by atoms with Crippen molar-refractivity contribution >= 4 is 11.6 Å². The number of aryl methyl sites for hydroxylation is 2. The number of rotatable bonds is 3. The Morgan fingerprint density at radius 2 is 2.12 bits per heavy atom. The molecule has 1 N–H and O–H groups in total. The zero-order valence-electron chi connectivity index (χ0n) is 14.8. The average molecular weight is 331 g/mol. The number of aromatic nitrogens is 3. The molecule has 2 aromatic heterocycles. The van der Waals surface area contributed by atoms with E-state index in [0.29, 0.717) is 37.4 Å². The van der Waals surface area contributed by atoms with Crippen LogP contribution < -0.4 is 0 Å². The molecular weight excluding hydrogens is 306 g/mol. The lowest BCUT2D eigenvalue weighted by Crippen LogP contribution is -2.54. The smallest absolute Gasteiger partial charge is 0.272 e. The highest BCUT2D eigenvalue weighted by molar-refractivity contribution is 5.93. The zero-order chi connectivity index (χ0) is 17.5. The van der Waals surface area contributed by atoms with E-state index in [1.807, 2.05) is 38.9 Å². The zero-order valence-corrected chi connectivity index (χ0v) is 14.8. The van der Waals surface area contributed by atoms with Gasteiger partial charge in [0.2, 0.25) is 0 Å². The van der Waals surface area contributed by atoms with Gasteiger partial charge in [-0.1, -0.05) is 0 Å². The molecule has 1 atom stereocenters. The van der Waals surface area contributed by atoms with Gasteiger partial charge < -0.3 is 14.9 Å². The average Bonchev–Trinajstić information content (AvgIpc) is 2.86. The summed E-state index contributed by atoms with van der Waals surface area (Å²) in [5.41, 5.74) is 1.97. The predicted molar refractivity (Wildman–Crippen MR) is 91.1 cm³/mol. The molecule has 0 aliphatic carbocycles. The molecule has 0 saturated carbocycles. The van der Waals surface area contributed by atoms with E-state index in [4.69, 9.17) is 0 Å². The first-order valence-electron chi connectivity index (χ1n) is 8.28. The standard InChI is InChI=1S/C17H25N5O2/c1-12-8-15-18-14(9-13(2)22(15)19-12)16(23)21-7-5-6-17(24,11-21)10-20(3)4/h8-9,24H,5-7,10-11H2,1-4H3. The minimum absolute atomic E-state index is 0.128. The lowest BCUT2D eigenvalue weighted by Gasteiger charge is -2.40. The van der Waals surface area contributed by atoms with Crippen LogP contribution in [0.3, 0.4) is 0 Å². The van der Waals surface area contributed by atoms with Crippen LogP contribution in [0.2, 0.25) is 0 Å². The molecule has 1 aliphatic heterocycles. The lowest BCUT2D eigenvalue weighted by molar-refractivity contribution is -0.0392. The summed E-state index contributed by atoms with van der Waals surface area (Å²) in [5, 5.41) is 15.1. The Morgan fingerprint density at radius 3 is 2.83 bits per heavy atom. The van der Waals surface area contributed by atoms with Gasteiger partial charge in [0.05, 0.1) is 17.8 Å². The Labute approximate surface area is 141 Å². The van der Waals surface area contributed by atoms with Gasteiger partial charge >= 0.3 is 0 Å². The Kier molecular flexibility index (Phi) is 4.31. The lowest BCUT2D eigenvalue weighted by atomic mass is 9.92. The first kappa shape index (κ1) is 16.9. The Bertz CT molecular complexity index is 770. The SMILES string of the molecule is Cc1cc2nc(C(=O)N3CCCC(O)(CN(C)C)C3)cc(C)n2n1. The van der Waals surface area contributed by atoms with E-state index in [0.717, 1.165) is 17.8 Å². The highest BCUT2D eigenvalue weighted by atomic mass is 16.3. The van der Waals surface area contributed by atoms with E-state index < -0.39 is 5.60 Å². The third kappa shape index (κ3) is 3.27. The maximum absolute atomic E-state index is 12.9. The Hall–Kier alpha value is -1.99. The molecule has 130 valence electrons. The van der Waals surface area contributed by atoms with Crippen LogP contribution in [0, 0.1) is 13.8 Å². The fraction of sp³-hybridized carbons (Fsp3) is 0.588. The van der Waals surface area contributed by atoms with Crippen molar-refractivity contribution in [2.24, 2.45) is 0 Å². The minimum Gasteiger partial charge on any atom is -0.387 e. The summed E-state index contributed by atoms with van der Waals surface area (Å²) in [7, 11) is 3.86. The molecular formula is C17H25N5O2. The van der Waals surface area contributed by atoms with Crippen LogP contribution in [0.4, 0.5) is 0 Å². The van der Waals surface area contributed by atoms with E-state index >= 15 is 0 Å². The normalized spacial score (nSPS) is 21.7. The third-order valence-electron chi connectivity index (χ3n) is 4.40. The molecule has 3 rings (SSSR count). The second-order valence-corrected chi connectivity index (χ2v) is 7.13. The minimum atomic E-state index is -0.857. The molecule has 1 unspecified atom stereocenters. The summed E-state index contributed by atoms with van der Waals surface area (Å²) in [5.74, 6) is -0.128. The van der Waals surface area contributed by atoms with E-state index in [1.165, 1.54) is 0 Å². The number of hydrogen-bond donors (Lipinski definition) is 1. The van der Waals surface area contributed by atoms with Crippen LogP contribution in [0.25, 0.3) is 5.65 Å². The summed E-state index contributed by atoms with van der Waals surface area (Å²) in [4.78, 5) is 21.0. The number of carbonyl (C=O) groups is 1. The Morgan fingerprint density at radius 1 is 1.38 bits per heavy atom. The number of piperidine rings is 1. The fourth-order valence-electron chi connectivity index (χ4n) is 3.51. The van der Waals surface area contributed by atoms with Crippen molar-refractivity contribution in [3.05, 3.63) is 29.2 Å². The number of aliphatic hydroxyl groups is 1. The molecule has 2 aromatic rings. The van der Waals surface area contributed by atoms with Crippen LogP contribution in [0.5, 0.6) is 0 Å². The second kappa shape index (κ2) is 6.14. The van der Waals surface area contributed by atoms with Crippen molar-refractivity contribution in [1.82, 2.24) is 24.4 Å². The second-order valence-electron chi connectivity index (χ2n) is 7.13. The number of hydrogen-bond acceptors (Lipinski definition) is 5. The molecule has 1 saturated heterocycles. The van der Waals surface area contributed by atoms with Gasteiger partial charge in [-0.25, -0.2) is 9.50 Å². The maximum Gasteiger partial charge on any atom is 0.272 e. The predicted octanol–water partition coefficient (Wildman–Crippen LogP) is 0.875. The number of amides is 1. The summed E-state index contributed by atoms with van der Waals surface area (Å²) >= 11 is 0. The van der Waals surface area contributed by atoms with Crippen molar-refractivity contribution in [2.75, 3.05) is 33.7 Å². The first-order chi connectivity index (χ1) is 11.3. The molecule has 1 fully saturated rings. The van der Waals surface area contributed by atoms with Crippen molar-refractivity contribution < 1.29 is 9.90 Å². The maximum atomic E-state index is 12.9. The van der Waals surface area contributed by atoms with Crippen molar-refractivity contribution in [3.8, 4) is 0 Å². The summed E-state index contributed by atoms with van der Waals surface area (Å²) < 4.78 is 1.74. The van der Waals surface area contributed by atoms with Gasteiger partial charge in [-0.05, 0) is 46.9 Å². The number of nitrogens with zero attached hydrogens (tertiary/aromatic N) is 5. The number of fused-ring (bicyclic) bond motifs is 1. The molecule has 0 spiro atoms.